The average molecular weight is 629 g/mol. The summed E-state index contributed by atoms with van der Waals surface area (Å²) in [4.78, 5) is 68.7. The van der Waals surface area contributed by atoms with Gasteiger partial charge in [-0.2, -0.15) is 9.91 Å². The number of nitrogens with zero attached hydrogens (tertiary/aromatic N) is 2. The van der Waals surface area contributed by atoms with Crippen LogP contribution in [-0.2, 0) is 24.6 Å². The average Bonchev–Trinajstić information content (AvgIpc) is 3.39. The lowest BCUT2D eigenvalue weighted by Crippen LogP contribution is -2.53. The number of carbonyl (C=O) groups excluding carboxylic acids is 5. The maximum Gasteiger partial charge on any atom is 0.328 e. The second-order valence-corrected chi connectivity index (χ2v) is 12.3. The summed E-state index contributed by atoms with van der Waals surface area (Å²) < 4.78 is 13.7. The number of anilines is 1. The van der Waals surface area contributed by atoms with E-state index in [1.54, 1.807) is 36.4 Å². The molecule has 228 valence electrons. The molecule has 6 amide bonds. The number of rotatable bonds is 4. The number of halogens is 2. The molecule has 4 aliphatic rings. The van der Waals surface area contributed by atoms with Crippen LogP contribution < -0.4 is 11.2 Å². The first kappa shape index (κ1) is 28.7. The molecule has 3 aromatic rings. The summed E-state index contributed by atoms with van der Waals surface area (Å²) in [6.45, 7) is 0. The first-order valence-corrected chi connectivity index (χ1v) is 14.7. The molecule has 45 heavy (non-hydrogen) atoms. The lowest BCUT2D eigenvalue weighted by atomic mass is 9.49. The monoisotopic (exact) mass is 628 g/mol. The van der Waals surface area contributed by atoms with Gasteiger partial charge in [-0.05, 0) is 78.4 Å². The molecule has 2 saturated heterocycles. The minimum absolute atomic E-state index is 0.00271. The van der Waals surface area contributed by atoms with Crippen LogP contribution in [0.4, 0.5) is 14.9 Å². The standard InChI is InChI=1S/C33H26ClFN4O6/c34-18-6-4-17(5-7-18)33-25(29(42)39(31(33)44)37-20-10-8-19(35)9-11-20)15-24-22(27(33)16-2-1-3-21(40)14-16)12-13-23-26(24)30(43)38(28(23)41)32(36)45/h1-12,14,23-27,37,40H,13,15H2,(H2,36,45). The van der Waals surface area contributed by atoms with Gasteiger partial charge in [-0.15, -0.1) is 0 Å². The molecule has 0 radical (unpaired) electrons. The van der Waals surface area contributed by atoms with Crippen LogP contribution in [0, 0.1) is 29.5 Å². The predicted octanol–water partition coefficient (Wildman–Crippen LogP) is 4.25. The Morgan fingerprint density at radius 2 is 1.67 bits per heavy atom. The Morgan fingerprint density at radius 1 is 0.956 bits per heavy atom. The summed E-state index contributed by atoms with van der Waals surface area (Å²) in [5.41, 5.74) is 8.64. The second kappa shape index (κ2) is 10.3. The van der Waals surface area contributed by atoms with E-state index < -0.39 is 70.5 Å². The summed E-state index contributed by atoms with van der Waals surface area (Å²) >= 11 is 6.26. The zero-order valence-corrected chi connectivity index (χ0v) is 24.3. The molecular weight excluding hydrogens is 603 g/mol. The number of imide groups is 4. The Kier molecular flexibility index (Phi) is 6.55. The Morgan fingerprint density at radius 3 is 2.33 bits per heavy atom. The third kappa shape index (κ3) is 4.10. The van der Waals surface area contributed by atoms with Crippen molar-refractivity contribution in [1.82, 2.24) is 9.91 Å². The largest absolute Gasteiger partial charge is 0.508 e. The molecular formula is C33H26ClFN4O6. The van der Waals surface area contributed by atoms with Gasteiger partial charge in [0, 0.05) is 10.9 Å². The van der Waals surface area contributed by atoms with Crippen molar-refractivity contribution in [2.45, 2.75) is 24.2 Å². The van der Waals surface area contributed by atoms with E-state index >= 15 is 0 Å². The fourth-order valence-electron chi connectivity index (χ4n) is 7.95. The first-order valence-electron chi connectivity index (χ1n) is 14.4. The molecule has 1 saturated carbocycles. The number of nitrogens with two attached hydrogens (primary N) is 1. The molecule has 7 rings (SSSR count). The number of allylic oxidation sites excluding steroid dienone is 2. The molecule has 2 heterocycles. The predicted molar refractivity (Wildman–Crippen MR) is 159 cm³/mol. The van der Waals surface area contributed by atoms with Crippen LogP contribution in [0.2, 0.25) is 5.02 Å². The molecule has 6 unspecified atom stereocenters. The van der Waals surface area contributed by atoms with Crippen LogP contribution in [0.3, 0.4) is 0 Å². The van der Waals surface area contributed by atoms with Crippen molar-refractivity contribution in [3.05, 3.63) is 106 Å². The summed E-state index contributed by atoms with van der Waals surface area (Å²) in [5.74, 6) is -7.65. The molecule has 0 aromatic heterocycles. The highest BCUT2D eigenvalue weighted by Crippen LogP contribution is 2.64. The van der Waals surface area contributed by atoms with E-state index in [4.69, 9.17) is 17.3 Å². The molecule has 0 bridgehead atoms. The number of benzene rings is 3. The van der Waals surface area contributed by atoms with Crippen molar-refractivity contribution in [1.29, 1.82) is 0 Å². The second-order valence-electron chi connectivity index (χ2n) is 11.8. The van der Waals surface area contributed by atoms with E-state index in [9.17, 15) is 33.5 Å². The maximum atomic E-state index is 14.9. The van der Waals surface area contributed by atoms with Crippen LogP contribution in [0.5, 0.6) is 5.75 Å². The van der Waals surface area contributed by atoms with Crippen molar-refractivity contribution >= 4 is 46.9 Å². The van der Waals surface area contributed by atoms with E-state index in [1.807, 2.05) is 6.08 Å². The number of hydrogen-bond acceptors (Lipinski definition) is 7. The molecule has 3 aromatic carbocycles. The van der Waals surface area contributed by atoms with Gasteiger partial charge in [0.15, 0.2) is 0 Å². The summed E-state index contributed by atoms with van der Waals surface area (Å²) in [7, 11) is 0. The van der Waals surface area contributed by atoms with E-state index in [1.165, 1.54) is 36.4 Å². The summed E-state index contributed by atoms with van der Waals surface area (Å²) in [6, 6.07) is 17.0. The van der Waals surface area contributed by atoms with Crippen LogP contribution in [-0.4, -0.2) is 44.7 Å². The number of hydrazine groups is 1. The van der Waals surface area contributed by atoms with Gasteiger partial charge < -0.3 is 10.8 Å². The quantitative estimate of drug-likeness (QED) is 0.289. The molecule has 12 heteroatoms. The fraction of sp³-hybridized carbons (Fsp3) is 0.242. The normalized spacial score (nSPS) is 28.8. The van der Waals surface area contributed by atoms with Crippen LogP contribution >= 0.6 is 11.6 Å². The SMILES string of the molecule is NC(=O)N1C(=O)C2CC=C3C(CC4C(=O)N(Nc5ccc(F)cc5)C(=O)C4(c4ccc(Cl)cc4)C3c3cccc(O)c3)C2C1=O. The van der Waals surface area contributed by atoms with Gasteiger partial charge in [0.25, 0.3) is 11.8 Å². The van der Waals surface area contributed by atoms with Crippen molar-refractivity contribution in [3.63, 3.8) is 0 Å². The van der Waals surface area contributed by atoms with E-state index in [-0.39, 0.29) is 18.6 Å². The minimum atomic E-state index is -1.58. The maximum absolute atomic E-state index is 14.9. The van der Waals surface area contributed by atoms with Gasteiger partial charge in [-0.1, -0.05) is 47.5 Å². The lowest BCUT2D eigenvalue weighted by Gasteiger charge is -2.50. The van der Waals surface area contributed by atoms with Gasteiger partial charge in [-0.3, -0.25) is 24.6 Å². The highest BCUT2D eigenvalue weighted by Gasteiger charge is 2.70. The number of likely N-dealkylation sites (tertiary alicyclic amines) is 1. The number of urea groups is 1. The number of phenols is 1. The summed E-state index contributed by atoms with van der Waals surface area (Å²) in [5, 5.41) is 11.9. The van der Waals surface area contributed by atoms with Crippen LogP contribution in [0.15, 0.2) is 84.4 Å². The van der Waals surface area contributed by atoms with E-state index in [2.05, 4.69) is 5.43 Å². The van der Waals surface area contributed by atoms with Gasteiger partial charge >= 0.3 is 6.03 Å². The smallest absolute Gasteiger partial charge is 0.328 e. The van der Waals surface area contributed by atoms with E-state index in [0.717, 1.165) is 5.01 Å². The molecule has 2 aliphatic carbocycles. The van der Waals surface area contributed by atoms with Gasteiger partial charge in [0.1, 0.15) is 11.6 Å². The number of primary amides is 1. The van der Waals surface area contributed by atoms with Crippen molar-refractivity contribution < 1.29 is 33.5 Å². The number of carbonyl (C=O) groups is 5. The number of hydrogen-bond donors (Lipinski definition) is 3. The third-order valence-corrected chi connectivity index (χ3v) is 9.93. The molecule has 6 atom stereocenters. The molecule has 0 spiro atoms. The lowest BCUT2D eigenvalue weighted by molar-refractivity contribution is -0.139. The number of amides is 6. The Balaban J connectivity index is 1.46. The van der Waals surface area contributed by atoms with Crippen molar-refractivity contribution in [2.24, 2.45) is 29.4 Å². The Labute approximate surface area is 261 Å². The fourth-order valence-corrected chi connectivity index (χ4v) is 8.08. The van der Waals surface area contributed by atoms with Gasteiger partial charge in [0.2, 0.25) is 11.8 Å². The highest BCUT2D eigenvalue weighted by molar-refractivity contribution is 6.30. The summed E-state index contributed by atoms with van der Waals surface area (Å²) in [6.07, 6.45) is 1.93. The number of nitrogens with one attached hydrogen (secondary N) is 1. The number of fused-ring (bicyclic) bond motifs is 4. The van der Waals surface area contributed by atoms with Gasteiger partial charge in [-0.25, -0.2) is 9.18 Å². The van der Waals surface area contributed by atoms with Crippen LogP contribution in [0.25, 0.3) is 0 Å². The Hall–Kier alpha value is -5.03. The Bertz CT molecular complexity index is 1830. The van der Waals surface area contributed by atoms with Gasteiger partial charge in [0.05, 0.1) is 28.9 Å². The number of aromatic hydroxyl groups is 1. The van der Waals surface area contributed by atoms with E-state index in [0.29, 0.717) is 32.3 Å². The topological polar surface area (TPSA) is 150 Å². The number of phenolic OH excluding ortho intramolecular Hbond substituents is 1. The minimum Gasteiger partial charge on any atom is -0.508 e. The zero-order chi connectivity index (χ0) is 31.8. The molecule has 10 nitrogen and oxygen atoms in total. The zero-order valence-electron chi connectivity index (χ0n) is 23.5. The molecule has 2 aliphatic heterocycles. The molecule has 4 N–H and O–H groups in total. The van der Waals surface area contributed by atoms with Crippen molar-refractivity contribution in [3.8, 4) is 5.75 Å². The molecule has 3 fully saturated rings. The van der Waals surface area contributed by atoms with Crippen LogP contribution in [0.1, 0.15) is 29.9 Å². The third-order valence-electron chi connectivity index (χ3n) is 9.68. The highest BCUT2D eigenvalue weighted by atomic mass is 35.5. The first-order chi connectivity index (χ1) is 21.5. The van der Waals surface area contributed by atoms with Crippen molar-refractivity contribution in [2.75, 3.05) is 5.43 Å².